The molecule has 0 aliphatic heterocycles. The SMILES string of the molecule is CCCNC(=O)c1ccc(OC)c(C#CCCO)c1. The predicted molar refractivity (Wildman–Crippen MR) is 74.2 cm³/mol. The van der Waals surface area contributed by atoms with Crippen molar-refractivity contribution in [3.63, 3.8) is 0 Å². The molecule has 1 rings (SSSR count). The van der Waals surface area contributed by atoms with Crippen molar-refractivity contribution in [2.45, 2.75) is 19.8 Å². The second-order valence-electron chi connectivity index (χ2n) is 3.95. The Morgan fingerprint density at radius 1 is 1.47 bits per heavy atom. The maximum Gasteiger partial charge on any atom is 0.251 e. The highest BCUT2D eigenvalue weighted by Crippen LogP contribution is 2.18. The van der Waals surface area contributed by atoms with Crippen molar-refractivity contribution in [2.24, 2.45) is 0 Å². The van der Waals surface area contributed by atoms with Crippen LogP contribution in [0.2, 0.25) is 0 Å². The minimum atomic E-state index is -0.116. The predicted octanol–water partition coefficient (Wildman–Crippen LogP) is 1.57. The Bertz CT molecular complexity index is 486. The van der Waals surface area contributed by atoms with E-state index in [2.05, 4.69) is 17.2 Å². The van der Waals surface area contributed by atoms with E-state index in [4.69, 9.17) is 9.84 Å². The fourth-order valence-electron chi connectivity index (χ4n) is 1.50. The lowest BCUT2D eigenvalue weighted by molar-refractivity contribution is 0.0953. The third-order valence-electron chi connectivity index (χ3n) is 2.46. The van der Waals surface area contributed by atoms with Crippen LogP contribution in [0.1, 0.15) is 35.7 Å². The minimum Gasteiger partial charge on any atom is -0.495 e. The van der Waals surface area contributed by atoms with Gasteiger partial charge in [0.25, 0.3) is 5.91 Å². The number of hydrogen-bond donors (Lipinski definition) is 2. The van der Waals surface area contributed by atoms with Crippen LogP contribution < -0.4 is 10.1 Å². The Hall–Kier alpha value is -1.99. The van der Waals surface area contributed by atoms with E-state index >= 15 is 0 Å². The first-order valence-corrected chi connectivity index (χ1v) is 6.28. The number of aliphatic hydroxyl groups excluding tert-OH is 1. The summed E-state index contributed by atoms with van der Waals surface area (Å²) in [6.45, 7) is 2.67. The number of carbonyl (C=O) groups excluding carboxylic acids is 1. The van der Waals surface area contributed by atoms with Gasteiger partial charge in [-0.2, -0.15) is 0 Å². The van der Waals surface area contributed by atoms with Crippen molar-refractivity contribution >= 4 is 5.91 Å². The fourth-order valence-corrected chi connectivity index (χ4v) is 1.50. The molecule has 0 fully saturated rings. The molecule has 1 amide bonds. The van der Waals surface area contributed by atoms with Gasteiger partial charge in [-0.15, -0.1) is 0 Å². The van der Waals surface area contributed by atoms with Gasteiger partial charge >= 0.3 is 0 Å². The molecule has 0 spiro atoms. The van der Waals surface area contributed by atoms with Crippen molar-refractivity contribution in [1.82, 2.24) is 5.32 Å². The third kappa shape index (κ3) is 4.65. The number of rotatable bonds is 5. The number of amides is 1. The Morgan fingerprint density at radius 2 is 2.26 bits per heavy atom. The van der Waals surface area contributed by atoms with E-state index in [-0.39, 0.29) is 12.5 Å². The Labute approximate surface area is 113 Å². The van der Waals surface area contributed by atoms with Crippen molar-refractivity contribution in [3.05, 3.63) is 29.3 Å². The van der Waals surface area contributed by atoms with Crippen LogP contribution in [0.5, 0.6) is 5.75 Å². The second kappa shape index (κ2) is 8.17. The summed E-state index contributed by atoms with van der Waals surface area (Å²) < 4.78 is 5.20. The van der Waals surface area contributed by atoms with Gasteiger partial charge in [0.15, 0.2) is 0 Å². The van der Waals surface area contributed by atoms with E-state index in [9.17, 15) is 4.79 Å². The molecule has 0 radical (unpaired) electrons. The molecular weight excluding hydrogens is 242 g/mol. The molecular formula is C15H19NO3. The van der Waals surface area contributed by atoms with Gasteiger partial charge in [0.05, 0.1) is 19.3 Å². The summed E-state index contributed by atoms with van der Waals surface area (Å²) in [6.07, 6.45) is 1.29. The Balaban J connectivity index is 2.95. The molecule has 2 N–H and O–H groups in total. The van der Waals surface area contributed by atoms with Crippen LogP contribution in [0.25, 0.3) is 0 Å². The highest BCUT2D eigenvalue weighted by Gasteiger charge is 2.08. The molecule has 0 atom stereocenters. The summed E-state index contributed by atoms with van der Waals surface area (Å²) >= 11 is 0. The molecule has 19 heavy (non-hydrogen) atoms. The third-order valence-corrected chi connectivity index (χ3v) is 2.46. The summed E-state index contributed by atoms with van der Waals surface area (Å²) in [6, 6.07) is 5.14. The van der Waals surface area contributed by atoms with E-state index in [1.807, 2.05) is 6.92 Å². The molecule has 102 valence electrons. The largest absolute Gasteiger partial charge is 0.495 e. The van der Waals surface area contributed by atoms with Gasteiger partial charge in [-0.05, 0) is 24.6 Å². The van der Waals surface area contributed by atoms with Crippen LogP contribution in [0.4, 0.5) is 0 Å². The van der Waals surface area contributed by atoms with E-state index in [0.29, 0.717) is 29.8 Å². The molecule has 0 bridgehead atoms. The van der Waals surface area contributed by atoms with Gasteiger partial charge in [0.1, 0.15) is 5.75 Å². The summed E-state index contributed by atoms with van der Waals surface area (Å²) in [4.78, 5) is 11.8. The monoisotopic (exact) mass is 261 g/mol. The van der Waals surface area contributed by atoms with E-state index in [1.54, 1.807) is 25.3 Å². The summed E-state index contributed by atoms with van der Waals surface area (Å²) in [5, 5.41) is 11.5. The van der Waals surface area contributed by atoms with Crippen LogP contribution in [0.15, 0.2) is 18.2 Å². The van der Waals surface area contributed by atoms with Gasteiger partial charge < -0.3 is 15.2 Å². The molecule has 1 aromatic rings. The summed E-state index contributed by atoms with van der Waals surface area (Å²) in [5.41, 5.74) is 1.21. The number of nitrogens with one attached hydrogen (secondary N) is 1. The quantitative estimate of drug-likeness (QED) is 0.791. The minimum absolute atomic E-state index is 0.0198. The molecule has 0 aromatic heterocycles. The molecule has 0 saturated carbocycles. The van der Waals surface area contributed by atoms with Gasteiger partial charge in [0.2, 0.25) is 0 Å². The zero-order valence-electron chi connectivity index (χ0n) is 11.3. The lowest BCUT2D eigenvalue weighted by Gasteiger charge is -2.07. The normalized spacial score (nSPS) is 9.42. The van der Waals surface area contributed by atoms with Crippen LogP contribution in [0.3, 0.4) is 0 Å². The number of methoxy groups -OCH3 is 1. The summed E-state index contributed by atoms with van der Waals surface area (Å²) in [7, 11) is 1.56. The number of benzene rings is 1. The van der Waals surface area contributed by atoms with Crippen molar-refractivity contribution in [1.29, 1.82) is 0 Å². The standard InChI is InChI=1S/C15H19NO3/c1-3-9-16-15(18)13-7-8-14(19-2)12(11-13)6-4-5-10-17/h7-8,11,17H,3,5,9-10H2,1-2H3,(H,16,18). The van der Waals surface area contributed by atoms with Crippen molar-refractivity contribution in [3.8, 4) is 17.6 Å². The zero-order chi connectivity index (χ0) is 14.1. The molecule has 0 heterocycles. The van der Waals surface area contributed by atoms with E-state index < -0.39 is 0 Å². The maximum absolute atomic E-state index is 11.8. The molecule has 0 aliphatic rings. The first-order valence-electron chi connectivity index (χ1n) is 6.28. The van der Waals surface area contributed by atoms with Gasteiger partial charge in [-0.25, -0.2) is 0 Å². The van der Waals surface area contributed by atoms with Crippen molar-refractivity contribution in [2.75, 3.05) is 20.3 Å². The van der Waals surface area contributed by atoms with Gasteiger partial charge in [0, 0.05) is 18.5 Å². The van der Waals surface area contributed by atoms with Crippen LogP contribution >= 0.6 is 0 Å². The van der Waals surface area contributed by atoms with E-state index in [0.717, 1.165) is 6.42 Å². The van der Waals surface area contributed by atoms with Crippen LogP contribution in [-0.4, -0.2) is 31.3 Å². The maximum atomic E-state index is 11.8. The van der Waals surface area contributed by atoms with Crippen LogP contribution in [0, 0.1) is 11.8 Å². The Kier molecular flexibility index (Phi) is 6.48. The average Bonchev–Trinajstić information content (AvgIpc) is 2.44. The topological polar surface area (TPSA) is 58.6 Å². The van der Waals surface area contributed by atoms with E-state index in [1.165, 1.54) is 0 Å². The van der Waals surface area contributed by atoms with Gasteiger partial charge in [-0.1, -0.05) is 18.8 Å². The molecule has 0 saturated heterocycles. The zero-order valence-corrected chi connectivity index (χ0v) is 11.3. The lowest BCUT2D eigenvalue weighted by atomic mass is 10.1. The lowest BCUT2D eigenvalue weighted by Crippen LogP contribution is -2.23. The molecule has 0 aliphatic carbocycles. The molecule has 0 unspecified atom stereocenters. The van der Waals surface area contributed by atoms with Crippen molar-refractivity contribution < 1.29 is 14.6 Å². The number of carbonyl (C=O) groups is 1. The molecule has 1 aromatic carbocycles. The smallest absolute Gasteiger partial charge is 0.251 e. The molecule has 4 nitrogen and oxygen atoms in total. The average molecular weight is 261 g/mol. The first-order chi connectivity index (χ1) is 9.22. The number of ether oxygens (including phenoxy) is 1. The first kappa shape index (κ1) is 15.1. The molecule has 4 heteroatoms. The fraction of sp³-hybridized carbons (Fsp3) is 0.400. The van der Waals surface area contributed by atoms with Crippen LogP contribution in [-0.2, 0) is 0 Å². The summed E-state index contributed by atoms with van der Waals surface area (Å²) in [5.74, 6) is 6.23. The number of aliphatic hydroxyl groups is 1. The Morgan fingerprint density at radius 3 is 2.89 bits per heavy atom. The highest BCUT2D eigenvalue weighted by atomic mass is 16.5. The highest BCUT2D eigenvalue weighted by molar-refractivity contribution is 5.94. The van der Waals surface area contributed by atoms with Gasteiger partial charge in [-0.3, -0.25) is 4.79 Å². The number of hydrogen-bond acceptors (Lipinski definition) is 3. The second-order valence-corrected chi connectivity index (χ2v) is 3.95.